The highest BCUT2D eigenvalue weighted by Gasteiger charge is 2.15. The van der Waals surface area contributed by atoms with E-state index in [1.807, 2.05) is 35.0 Å². The Bertz CT molecular complexity index is 884. The Kier molecular flexibility index (Phi) is 6.47. The summed E-state index contributed by atoms with van der Waals surface area (Å²) < 4.78 is 13.4. The van der Waals surface area contributed by atoms with Gasteiger partial charge in [0.25, 0.3) is 0 Å². The van der Waals surface area contributed by atoms with Crippen molar-refractivity contribution >= 4 is 0 Å². The van der Waals surface area contributed by atoms with Crippen molar-refractivity contribution in [3.8, 4) is 22.8 Å². The summed E-state index contributed by atoms with van der Waals surface area (Å²) in [7, 11) is 1.68. The molecule has 1 aromatic heterocycles. The molecule has 1 saturated heterocycles. The van der Waals surface area contributed by atoms with Crippen LogP contribution in [0.15, 0.2) is 60.8 Å². The van der Waals surface area contributed by atoms with Gasteiger partial charge in [-0.05, 0) is 49.2 Å². The number of piperidine rings is 1. The number of methoxy groups -OCH3 is 1. The molecule has 2 aromatic carbocycles. The van der Waals surface area contributed by atoms with Crippen LogP contribution in [0.2, 0.25) is 0 Å². The van der Waals surface area contributed by atoms with Crippen LogP contribution in [-0.4, -0.2) is 41.4 Å². The molecule has 0 amide bonds. The van der Waals surface area contributed by atoms with Gasteiger partial charge >= 0.3 is 0 Å². The fraction of sp³-hybridized carbons (Fsp3) is 0.375. The fourth-order valence-corrected chi connectivity index (χ4v) is 3.75. The van der Waals surface area contributed by atoms with Crippen LogP contribution in [0.3, 0.4) is 0 Å². The van der Waals surface area contributed by atoms with E-state index >= 15 is 0 Å². The Morgan fingerprint density at radius 2 is 1.66 bits per heavy atom. The van der Waals surface area contributed by atoms with Gasteiger partial charge in [-0.15, -0.1) is 5.10 Å². The van der Waals surface area contributed by atoms with Crippen LogP contribution in [0.4, 0.5) is 0 Å². The first-order chi connectivity index (χ1) is 14.3. The molecule has 1 aliphatic heterocycles. The molecule has 0 spiro atoms. The molecular weight excluding hydrogens is 362 g/mol. The predicted molar refractivity (Wildman–Crippen MR) is 115 cm³/mol. The maximum atomic E-state index is 6.13. The van der Waals surface area contributed by atoms with Gasteiger partial charge in [0, 0.05) is 12.7 Å². The van der Waals surface area contributed by atoms with E-state index in [9.17, 15) is 0 Å². The van der Waals surface area contributed by atoms with Gasteiger partial charge in [-0.3, -0.25) is 4.68 Å². The summed E-state index contributed by atoms with van der Waals surface area (Å²) in [6.45, 7) is 4.81. The van der Waals surface area contributed by atoms with E-state index in [-0.39, 0.29) is 0 Å². The molecule has 5 heteroatoms. The maximum Gasteiger partial charge on any atom is 0.241 e. The molecule has 0 saturated carbocycles. The largest absolute Gasteiger partial charge is 0.497 e. The van der Waals surface area contributed by atoms with Crippen molar-refractivity contribution in [1.82, 2.24) is 14.7 Å². The van der Waals surface area contributed by atoms with Gasteiger partial charge < -0.3 is 14.4 Å². The fourth-order valence-electron chi connectivity index (χ4n) is 3.75. The highest BCUT2D eigenvalue weighted by atomic mass is 16.5. The lowest BCUT2D eigenvalue weighted by Gasteiger charge is -2.26. The second-order valence-electron chi connectivity index (χ2n) is 7.52. The average Bonchev–Trinajstić information content (AvgIpc) is 3.21. The minimum Gasteiger partial charge on any atom is -0.497 e. The highest BCUT2D eigenvalue weighted by Crippen LogP contribution is 2.30. The molecular formula is C24H29N3O2. The normalized spacial score (nSPS) is 14.7. The predicted octanol–water partition coefficient (Wildman–Crippen LogP) is 4.62. The number of aromatic nitrogens is 2. The molecule has 5 nitrogen and oxygen atoms in total. The minimum absolute atomic E-state index is 0.507. The van der Waals surface area contributed by atoms with Crippen molar-refractivity contribution in [1.29, 1.82) is 0 Å². The Hall–Kier alpha value is -2.79. The molecule has 152 valence electrons. The van der Waals surface area contributed by atoms with E-state index in [1.54, 1.807) is 7.11 Å². The second-order valence-corrected chi connectivity index (χ2v) is 7.52. The van der Waals surface area contributed by atoms with Crippen LogP contribution < -0.4 is 9.47 Å². The van der Waals surface area contributed by atoms with Gasteiger partial charge in [-0.2, -0.15) is 0 Å². The van der Waals surface area contributed by atoms with Crippen molar-refractivity contribution in [2.75, 3.05) is 26.7 Å². The van der Waals surface area contributed by atoms with Crippen molar-refractivity contribution in [3.05, 3.63) is 66.4 Å². The molecule has 1 fully saturated rings. The first-order valence-corrected chi connectivity index (χ1v) is 10.4. The van der Waals surface area contributed by atoms with E-state index in [1.165, 1.54) is 32.4 Å². The lowest BCUT2D eigenvalue weighted by molar-refractivity contribution is 0.216. The Balaban J connectivity index is 1.51. The number of likely N-dealkylation sites (tertiary alicyclic amines) is 1. The summed E-state index contributed by atoms with van der Waals surface area (Å²) in [5.41, 5.74) is 3.23. The molecule has 0 unspecified atom stereocenters. The van der Waals surface area contributed by atoms with E-state index in [0.29, 0.717) is 12.5 Å². The summed E-state index contributed by atoms with van der Waals surface area (Å²) in [5.74, 6) is 1.52. The number of hydrogen-bond donors (Lipinski definition) is 0. The summed E-state index contributed by atoms with van der Waals surface area (Å²) in [6, 6.07) is 18.3. The Labute approximate surface area is 172 Å². The summed E-state index contributed by atoms with van der Waals surface area (Å²) in [4.78, 5) is 2.53. The third-order valence-electron chi connectivity index (χ3n) is 5.44. The third-order valence-corrected chi connectivity index (χ3v) is 5.44. The average molecular weight is 392 g/mol. The minimum atomic E-state index is 0.507. The number of nitrogens with zero attached hydrogens (tertiary/aromatic N) is 3. The topological polar surface area (TPSA) is 39.5 Å². The number of rotatable bonds is 8. The van der Waals surface area contributed by atoms with E-state index in [4.69, 9.17) is 14.6 Å². The van der Waals surface area contributed by atoms with Crippen LogP contribution in [0, 0.1) is 0 Å². The molecule has 0 bridgehead atoms. The van der Waals surface area contributed by atoms with Gasteiger partial charge in [-0.25, -0.2) is 0 Å². The van der Waals surface area contributed by atoms with E-state index in [0.717, 1.165) is 35.5 Å². The number of benzene rings is 2. The molecule has 1 aliphatic rings. The van der Waals surface area contributed by atoms with Crippen LogP contribution in [-0.2, 0) is 13.2 Å². The molecule has 4 rings (SSSR count). The SMILES string of the molecule is COc1ccc(-c2cn(CCN3CCCCC3)nc2OCc2ccccc2)cc1. The number of ether oxygens (including phenoxy) is 2. The van der Waals surface area contributed by atoms with Crippen LogP contribution in [0.1, 0.15) is 24.8 Å². The van der Waals surface area contributed by atoms with E-state index in [2.05, 4.69) is 35.4 Å². The highest BCUT2D eigenvalue weighted by molar-refractivity contribution is 5.68. The Morgan fingerprint density at radius 1 is 0.897 bits per heavy atom. The van der Waals surface area contributed by atoms with Gasteiger partial charge in [0.05, 0.1) is 19.2 Å². The second kappa shape index (κ2) is 9.61. The zero-order valence-electron chi connectivity index (χ0n) is 17.1. The standard InChI is InChI=1S/C24H29N3O2/c1-28-22-12-10-21(11-13-22)23-18-27(17-16-26-14-6-3-7-15-26)25-24(23)29-19-20-8-4-2-5-9-20/h2,4-5,8-13,18H,3,6-7,14-17,19H2,1H3. The lowest BCUT2D eigenvalue weighted by atomic mass is 10.1. The Morgan fingerprint density at radius 3 is 2.38 bits per heavy atom. The monoisotopic (exact) mass is 391 g/mol. The van der Waals surface area contributed by atoms with Gasteiger partial charge in [-0.1, -0.05) is 48.9 Å². The van der Waals surface area contributed by atoms with Crippen molar-refractivity contribution in [2.24, 2.45) is 0 Å². The summed E-state index contributed by atoms with van der Waals surface area (Å²) in [6.07, 6.45) is 6.08. The lowest BCUT2D eigenvalue weighted by Crippen LogP contribution is -2.32. The van der Waals surface area contributed by atoms with Crippen LogP contribution in [0.25, 0.3) is 11.1 Å². The zero-order chi connectivity index (χ0) is 19.9. The van der Waals surface area contributed by atoms with Crippen molar-refractivity contribution in [3.63, 3.8) is 0 Å². The smallest absolute Gasteiger partial charge is 0.241 e. The molecule has 0 atom stereocenters. The summed E-state index contributed by atoms with van der Waals surface area (Å²) in [5, 5.41) is 4.77. The third kappa shape index (κ3) is 5.18. The van der Waals surface area contributed by atoms with Crippen molar-refractivity contribution < 1.29 is 9.47 Å². The summed E-state index contributed by atoms with van der Waals surface area (Å²) >= 11 is 0. The van der Waals surface area contributed by atoms with E-state index < -0.39 is 0 Å². The first kappa shape index (κ1) is 19.5. The first-order valence-electron chi connectivity index (χ1n) is 10.4. The molecule has 0 radical (unpaired) electrons. The van der Waals surface area contributed by atoms with Gasteiger partial charge in [0.2, 0.25) is 5.88 Å². The molecule has 0 N–H and O–H groups in total. The zero-order valence-corrected chi connectivity index (χ0v) is 17.1. The van der Waals surface area contributed by atoms with Gasteiger partial charge in [0.1, 0.15) is 12.4 Å². The quantitative estimate of drug-likeness (QED) is 0.562. The molecule has 2 heterocycles. The van der Waals surface area contributed by atoms with Gasteiger partial charge in [0.15, 0.2) is 0 Å². The van der Waals surface area contributed by atoms with Crippen LogP contribution in [0.5, 0.6) is 11.6 Å². The number of hydrogen-bond acceptors (Lipinski definition) is 4. The molecule has 0 aliphatic carbocycles. The molecule has 29 heavy (non-hydrogen) atoms. The molecule has 3 aromatic rings. The maximum absolute atomic E-state index is 6.13. The van der Waals surface area contributed by atoms with Crippen molar-refractivity contribution in [2.45, 2.75) is 32.4 Å². The van der Waals surface area contributed by atoms with Crippen LogP contribution >= 0.6 is 0 Å².